The zero-order valence-electron chi connectivity index (χ0n) is 14.3. The molecule has 1 aliphatic rings. The molecule has 0 bridgehead atoms. The molecule has 27 heavy (non-hydrogen) atoms. The quantitative estimate of drug-likeness (QED) is 0.793. The van der Waals surface area contributed by atoms with Crippen molar-refractivity contribution in [2.75, 3.05) is 11.5 Å². The number of benzene rings is 1. The molecule has 2 heterocycles. The van der Waals surface area contributed by atoms with Gasteiger partial charge in [-0.05, 0) is 24.6 Å². The Morgan fingerprint density at radius 2 is 1.96 bits per heavy atom. The Morgan fingerprint density at radius 3 is 2.67 bits per heavy atom. The van der Waals surface area contributed by atoms with E-state index in [2.05, 4.69) is 15.6 Å². The van der Waals surface area contributed by atoms with Crippen LogP contribution in [0.25, 0.3) is 0 Å². The zero-order chi connectivity index (χ0) is 19.4. The van der Waals surface area contributed by atoms with Crippen LogP contribution in [0.15, 0.2) is 42.6 Å². The van der Waals surface area contributed by atoms with Crippen LogP contribution in [-0.4, -0.2) is 42.8 Å². The number of carbonyl (C=O) groups excluding carboxylic acids is 2. The van der Waals surface area contributed by atoms with Gasteiger partial charge in [-0.3, -0.25) is 14.6 Å². The van der Waals surface area contributed by atoms with Gasteiger partial charge in [-0.1, -0.05) is 18.2 Å². The normalized spacial score (nSPS) is 18.0. The molecule has 1 atom stereocenters. The summed E-state index contributed by atoms with van der Waals surface area (Å²) in [5.41, 5.74) is 0.559. The first-order chi connectivity index (χ1) is 12.8. The van der Waals surface area contributed by atoms with Gasteiger partial charge in [-0.2, -0.15) is 0 Å². The first kappa shape index (κ1) is 19.0. The molecule has 3 rings (SSSR count). The molecular formula is C18H18FN3O4S. The van der Waals surface area contributed by atoms with Crippen LogP contribution < -0.4 is 10.6 Å². The first-order valence-corrected chi connectivity index (χ1v) is 10.2. The molecule has 7 nitrogen and oxygen atoms in total. The van der Waals surface area contributed by atoms with Crippen molar-refractivity contribution in [2.45, 2.75) is 19.0 Å². The minimum atomic E-state index is -3.11. The van der Waals surface area contributed by atoms with Crippen molar-refractivity contribution in [3.05, 3.63) is 65.2 Å². The van der Waals surface area contributed by atoms with E-state index in [-0.39, 0.29) is 29.3 Å². The Hall–Kier alpha value is -2.81. The molecule has 9 heteroatoms. The molecule has 1 aliphatic heterocycles. The van der Waals surface area contributed by atoms with E-state index in [9.17, 15) is 22.4 Å². The van der Waals surface area contributed by atoms with Crippen LogP contribution in [0.3, 0.4) is 0 Å². The molecular weight excluding hydrogens is 373 g/mol. The van der Waals surface area contributed by atoms with E-state index < -0.39 is 33.5 Å². The van der Waals surface area contributed by atoms with Crippen molar-refractivity contribution in [1.29, 1.82) is 0 Å². The van der Waals surface area contributed by atoms with Gasteiger partial charge in [-0.15, -0.1) is 0 Å². The predicted molar refractivity (Wildman–Crippen MR) is 96.3 cm³/mol. The Morgan fingerprint density at radius 1 is 1.19 bits per heavy atom. The fraction of sp³-hybridized carbons (Fsp3) is 0.278. The number of aromatic nitrogens is 1. The van der Waals surface area contributed by atoms with E-state index in [4.69, 9.17) is 0 Å². The van der Waals surface area contributed by atoms with Gasteiger partial charge in [0.2, 0.25) is 0 Å². The summed E-state index contributed by atoms with van der Waals surface area (Å²) in [5.74, 6) is -1.48. The Bertz CT molecular complexity index is 978. The van der Waals surface area contributed by atoms with Crippen LogP contribution in [-0.2, 0) is 16.4 Å². The molecule has 1 aromatic carbocycles. The molecule has 1 unspecified atom stereocenters. The first-order valence-electron chi connectivity index (χ1n) is 8.33. The van der Waals surface area contributed by atoms with Crippen LogP contribution in [0.1, 0.15) is 32.8 Å². The Kier molecular flexibility index (Phi) is 5.50. The van der Waals surface area contributed by atoms with Crippen molar-refractivity contribution in [3.8, 4) is 0 Å². The summed E-state index contributed by atoms with van der Waals surface area (Å²) < 4.78 is 36.5. The van der Waals surface area contributed by atoms with Crippen molar-refractivity contribution in [2.24, 2.45) is 0 Å². The van der Waals surface area contributed by atoms with Gasteiger partial charge in [0.05, 0.1) is 11.5 Å². The highest BCUT2D eigenvalue weighted by Crippen LogP contribution is 2.12. The second-order valence-electron chi connectivity index (χ2n) is 6.28. The van der Waals surface area contributed by atoms with Crippen molar-refractivity contribution in [1.82, 2.24) is 15.6 Å². The van der Waals surface area contributed by atoms with E-state index in [1.807, 2.05) is 0 Å². The van der Waals surface area contributed by atoms with Gasteiger partial charge in [0, 0.05) is 29.9 Å². The van der Waals surface area contributed by atoms with Crippen LogP contribution in [0.2, 0.25) is 0 Å². The lowest BCUT2D eigenvalue weighted by molar-refractivity contribution is 0.0936. The average Bonchev–Trinajstić information content (AvgIpc) is 2.99. The summed E-state index contributed by atoms with van der Waals surface area (Å²) >= 11 is 0. The third-order valence-electron chi connectivity index (χ3n) is 4.22. The molecule has 1 fully saturated rings. The number of carbonyl (C=O) groups is 2. The summed E-state index contributed by atoms with van der Waals surface area (Å²) in [7, 11) is -3.11. The highest BCUT2D eigenvalue weighted by atomic mass is 32.2. The lowest BCUT2D eigenvalue weighted by Gasteiger charge is -2.11. The maximum atomic E-state index is 13.6. The molecule has 0 aliphatic carbocycles. The minimum Gasteiger partial charge on any atom is -0.348 e. The Balaban J connectivity index is 1.63. The van der Waals surface area contributed by atoms with Gasteiger partial charge in [0.15, 0.2) is 9.84 Å². The van der Waals surface area contributed by atoms with Crippen LogP contribution in [0.4, 0.5) is 4.39 Å². The summed E-state index contributed by atoms with van der Waals surface area (Å²) in [4.78, 5) is 28.5. The third kappa shape index (κ3) is 4.88. The minimum absolute atomic E-state index is 0.00922. The summed E-state index contributed by atoms with van der Waals surface area (Å²) in [6.07, 6.45) is 1.68. The van der Waals surface area contributed by atoms with E-state index >= 15 is 0 Å². The molecule has 0 saturated carbocycles. The second kappa shape index (κ2) is 7.83. The van der Waals surface area contributed by atoms with E-state index in [1.54, 1.807) is 18.2 Å². The number of hydrogen-bond acceptors (Lipinski definition) is 5. The molecule has 1 aromatic heterocycles. The van der Waals surface area contributed by atoms with Gasteiger partial charge in [-0.25, -0.2) is 12.8 Å². The number of halogens is 1. The second-order valence-corrected chi connectivity index (χ2v) is 8.51. The number of nitrogens with zero attached hydrogens (tertiary/aromatic N) is 1. The molecule has 1 saturated heterocycles. The number of hydrogen-bond donors (Lipinski definition) is 2. The van der Waals surface area contributed by atoms with Gasteiger partial charge in [0.1, 0.15) is 11.5 Å². The fourth-order valence-electron chi connectivity index (χ4n) is 2.78. The van der Waals surface area contributed by atoms with E-state index in [0.29, 0.717) is 12.0 Å². The molecule has 2 amide bonds. The zero-order valence-corrected chi connectivity index (χ0v) is 15.1. The van der Waals surface area contributed by atoms with Gasteiger partial charge >= 0.3 is 0 Å². The number of nitrogens with one attached hydrogen (secondary N) is 2. The van der Waals surface area contributed by atoms with Crippen LogP contribution in [0, 0.1) is 5.82 Å². The van der Waals surface area contributed by atoms with E-state index in [0.717, 1.165) is 0 Å². The summed E-state index contributed by atoms with van der Waals surface area (Å²) in [5, 5.41) is 5.21. The summed E-state index contributed by atoms with van der Waals surface area (Å²) in [6, 6.07) is 8.40. The van der Waals surface area contributed by atoms with Crippen LogP contribution >= 0.6 is 0 Å². The molecule has 2 aromatic rings. The van der Waals surface area contributed by atoms with E-state index in [1.165, 1.54) is 24.4 Å². The van der Waals surface area contributed by atoms with Crippen LogP contribution in [0.5, 0.6) is 0 Å². The maximum absolute atomic E-state index is 13.6. The largest absolute Gasteiger partial charge is 0.348 e. The Labute approximate surface area is 155 Å². The highest BCUT2D eigenvalue weighted by molar-refractivity contribution is 7.91. The number of rotatable bonds is 5. The van der Waals surface area contributed by atoms with Gasteiger partial charge in [0.25, 0.3) is 11.8 Å². The third-order valence-corrected chi connectivity index (χ3v) is 5.99. The van der Waals surface area contributed by atoms with Crippen molar-refractivity contribution < 1.29 is 22.4 Å². The lowest BCUT2D eigenvalue weighted by Crippen LogP contribution is -2.36. The highest BCUT2D eigenvalue weighted by Gasteiger charge is 2.29. The average molecular weight is 391 g/mol. The molecule has 142 valence electrons. The monoisotopic (exact) mass is 391 g/mol. The number of amides is 2. The maximum Gasteiger partial charge on any atom is 0.270 e. The summed E-state index contributed by atoms with van der Waals surface area (Å²) in [6.45, 7) is 0.00922. The molecule has 2 N–H and O–H groups in total. The molecule has 0 radical (unpaired) electrons. The fourth-order valence-corrected chi connectivity index (χ4v) is 4.46. The van der Waals surface area contributed by atoms with Crippen molar-refractivity contribution in [3.63, 3.8) is 0 Å². The standard InChI is InChI=1S/C18H18FN3O4S/c19-15-4-2-1-3-13(15)10-21-17(23)12-5-7-20-16(9-12)18(24)22-14-6-8-27(25,26)11-14/h1-5,7,9,14H,6,8,10-11H2,(H,21,23)(H,22,24). The number of pyridine rings is 1. The smallest absolute Gasteiger partial charge is 0.270 e. The van der Waals surface area contributed by atoms with Crippen molar-refractivity contribution >= 4 is 21.7 Å². The SMILES string of the molecule is O=C(NCc1ccccc1F)c1ccnc(C(=O)NC2CCS(=O)(=O)C2)c1. The lowest BCUT2D eigenvalue weighted by atomic mass is 10.1. The topological polar surface area (TPSA) is 105 Å². The predicted octanol–water partition coefficient (Wildman–Crippen LogP) is 1.07. The molecule has 0 spiro atoms. The van der Waals surface area contributed by atoms with Gasteiger partial charge < -0.3 is 10.6 Å². The number of sulfone groups is 1.